The molecule has 3 nitrogen and oxygen atoms in total. The molecule has 0 aliphatic rings. The lowest BCUT2D eigenvalue weighted by molar-refractivity contribution is -0.116. The second-order valence-electron chi connectivity index (χ2n) is 4.65. The molecule has 0 aliphatic heterocycles. The minimum Gasteiger partial charge on any atom is -0.494 e. The van der Waals surface area contributed by atoms with Crippen LogP contribution in [0, 0.1) is 5.82 Å². The summed E-state index contributed by atoms with van der Waals surface area (Å²) < 4.78 is 18.4. The Labute approximate surface area is 138 Å². The van der Waals surface area contributed by atoms with Gasteiger partial charge in [0.25, 0.3) is 0 Å². The molecule has 22 heavy (non-hydrogen) atoms. The molecule has 2 rings (SSSR count). The molecule has 0 radical (unpaired) electrons. The van der Waals surface area contributed by atoms with Crippen molar-refractivity contribution >= 4 is 34.8 Å². The lowest BCUT2D eigenvalue weighted by atomic mass is 10.1. The zero-order valence-corrected chi connectivity index (χ0v) is 13.3. The summed E-state index contributed by atoms with van der Waals surface area (Å²) in [7, 11) is 1.41. The number of hydrogen-bond donors (Lipinski definition) is 1. The predicted molar refractivity (Wildman–Crippen MR) is 86.4 cm³/mol. The second kappa shape index (κ2) is 7.47. The van der Waals surface area contributed by atoms with Crippen LogP contribution in [-0.4, -0.2) is 13.0 Å². The van der Waals surface area contributed by atoms with Gasteiger partial charge in [0.2, 0.25) is 5.91 Å². The van der Waals surface area contributed by atoms with Crippen LogP contribution in [0.2, 0.25) is 10.0 Å². The van der Waals surface area contributed by atoms with Crippen LogP contribution in [-0.2, 0) is 11.2 Å². The van der Waals surface area contributed by atoms with Crippen molar-refractivity contribution in [1.82, 2.24) is 0 Å². The standard InChI is InChI=1S/C16H14Cl2FNO2/c1-22-15-6-2-10(8-14(15)19)3-7-16(21)20-11-4-5-12(17)13(18)9-11/h2,4-6,8-9H,3,7H2,1H3,(H,20,21). The number of aryl methyl sites for hydroxylation is 1. The van der Waals surface area contributed by atoms with Crippen LogP contribution < -0.4 is 10.1 Å². The molecule has 0 aliphatic carbocycles. The molecule has 0 aromatic heterocycles. The smallest absolute Gasteiger partial charge is 0.224 e. The Balaban J connectivity index is 1.92. The first-order valence-electron chi connectivity index (χ1n) is 6.57. The Morgan fingerprint density at radius 1 is 1.18 bits per heavy atom. The van der Waals surface area contributed by atoms with E-state index in [9.17, 15) is 9.18 Å². The molecule has 0 bridgehead atoms. The van der Waals surface area contributed by atoms with Gasteiger partial charge in [-0.3, -0.25) is 4.79 Å². The number of anilines is 1. The van der Waals surface area contributed by atoms with E-state index in [0.717, 1.165) is 5.56 Å². The first kappa shape index (κ1) is 16.6. The van der Waals surface area contributed by atoms with Gasteiger partial charge in [0.05, 0.1) is 17.2 Å². The first-order chi connectivity index (χ1) is 10.5. The second-order valence-corrected chi connectivity index (χ2v) is 5.46. The number of benzene rings is 2. The Hall–Kier alpha value is -1.78. The highest BCUT2D eigenvalue weighted by Gasteiger charge is 2.07. The lowest BCUT2D eigenvalue weighted by Gasteiger charge is -2.07. The van der Waals surface area contributed by atoms with E-state index in [1.54, 1.807) is 30.3 Å². The normalized spacial score (nSPS) is 10.4. The van der Waals surface area contributed by atoms with E-state index in [0.29, 0.717) is 22.2 Å². The molecule has 0 saturated carbocycles. The van der Waals surface area contributed by atoms with Gasteiger partial charge in [0.1, 0.15) is 0 Å². The molecule has 0 unspecified atom stereocenters. The number of hydrogen-bond acceptors (Lipinski definition) is 2. The van der Waals surface area contributed by atoms with Crippen molar-refractivity contribution in [1.29, 1.82) is 0 Å². The van der Waals surface area contributed by atoms with Crippen molar-refractivity contribution in [2.45, 2.75) is 12.8 Å². The van der Waals surface area contributed by atoms with Gasteiger partial charge in [0, 0.05) is 12.1 Å². The molecule has 0 saturated heterocycles. The van der Waals surface area contributed by atoms with Crippen molar-refractivity contribution in [3.8, 4) is 5.75 Å². The molecule has 0 spiro atoms. The quantitative estimate of drug-likeness (QED) is 0.854. The fourth-order valence-electron chi connectivity index (χ4n) is 1.92. The number of halogens is 3. The maximum atomic E-state index is 13.6. The summed E-state index contributed by atoms with van der Waals surface area (Å²) in [6, 6.07) is 9.49. The summed E-state index contributed by atoms with van der Waals surface area (Å²) in [5, 5.41) is 3.51. The first-order valence-corrected chi connectivity index (χ1v) is 7.32. The van der Waals surface area contributed by atoms with Crippen LogP contribution in [0.1, 0.15) is 12.0 Å². The zero-order chi connectivity index (χ0) is 16.1. The van der Waals surface area contributed by atoms with Gasteiger partial charge >= 0.3 is 0 Å². The SMILES string of the molecule is COc1ccc(CCC(=O)Nc2ccc(Cl)c(Cl)c2)cc1F. The summed E-state index contributed by atoms with van der Waals surface area (Å²) in [5.41, 5.74) is 1.29. The highest BCUT2D eigenvalue weighted by atomic mass is 35.5. The summed E-state index contributed by atoms with van der Waals surface area (Å²) >= 11 is 11.7. The third-order valence-electron chi connectivity index (χ3n) is 3.06. The van der Waals surface area contributed by atoms with Crippen molar-refractivity contribution in [3.63, 3.8) is 0 Å². The van der Waals surface area contributed by atoms with E-state index in [-0.39, 0.29) is 18.1 Å². The van der Waals surface area contributed by atoms with Crippen LogP contribution in [0.5, 0.6) is 5.75 Å². The van der Waals surface area contributed by atoms with E-state index < -0.39 is 5.82 Å². The number of amides is 1. The lowest BCUT2D eigenvalue weighted by Crippen LogP contribution is -2.12. The molecule has 2 aromatic rings. The molecule has 1 N–H and O–H groups in total. The van der Waals surface area contributed by atoms with E-state index in [1.165, 1.54) is 13.2 Å². The largest absolute Gasteiger partial charge is 0.494 e. The van der Waals surface area contributed by atoms with Gasteiger partial charge < -0.3 is 10.1 Å². The van der Waals surface area contributed by atoms with E-state index >= 15 is 0 Å². The maximum Gasteiger partial charge on any atom is 0.224 e. The Kier molecular flexibility index (Phi) is 5.63. The summed E-state index contributed by atoms with van der Waals surface area (Å²) in [4.78, 5) is 11.9. The monoisotopic (exact) mass is 341 g/mol. The number of carbonyl (C=O) groups is 1. The Morgan fingerprint density at radius 2 is 1.95 bits per heavy atom. The molecule has 1 amide bonds. The average molecular weight is 342 g/mol. The number of nitrogens with one attached hydrogen (secondary N) is 1. The van der Waals surface area contributed by atoms with Crippen LogP contribution in [0.25, 0.3) is 0 Å². The van der Waals surface area contributed by atoms with E-state index in [2.05, 4.69) is 5.32 Å². The molecule has 6 heteroatoms. The molecular formula is C16H14Cl2FNO2. The highest BCUT2D eigenvalue weighted by Crippen LogP contribution is 2.25. The van der Waals surface area contributed by atoms with Gasteiger partial charge in [0.15, 0.2) is 11.6 Å². The molecule has 2 aromatic carbocycles. The molecule has 0 atom stereocenters. The topological polar surface area (TPSA) is 38.3 Å². The van der Waals surface area contributed by atoms with Crippen LogP contribution >= 0.6 is 23.2 Å². The predicted octanol–water partition coefficient (Wildman–Crippen LogP) is 4.71. The van der Waals surface area contributed by atoms with E-state index in [4.69, 9.17) is 27.9 Å². The fraction of sp³-hybridized carbons (Fsp3) is 0.188. The van der Waals surface area contributed by atoms with E-state index in [1.807, 2.05) is 0 Å². The van der Waals surface area contributed by atoms with Gasteiger partial charge in [-0.2, -0.15) is 0 Å². The Bertz CT molecular complexity index is 692. The summed E-state index contributed by atoms with van der Waals surface area (Å²) in [6.07, 6.45) is 0.653. The van der Waals surface area contributed by atoms with Gasteiger partial charge in [-0.05, 0) is 42.3 Å². The third-order valence-corrected chi connectivity index (χ3v) is 3.80. The Morgan fingerprint density at radius 3 is 2.59 bits per heavy atom. The third kappa shape index (κ3) is 4.36. The maximum absolute atomic E-state index is 13.6. The minimum atomic E-state index is -0.440. The number of methoxy groups -OCH3 is 1. The molecule has 0 fully saturated rings. The number of carbonyl (C=O) groups excluding carboxylic acids is 1. The van der Waals surface area contributed by atoms with Crippen molar-refractivity contribution in [3.05, 3.63) is 57.8 Å². The summed E-state index contributed by atoms with van der Waals surface area (Å²) in [6.45, 7) is 0. The minimum absolute atomic E-state index is 0.184. The van der Waals surface area contributed by atoms with Gasteiger partial charge in [-0.15, -0.1) is 0 Å². The molecule has 0 heterocycles. The zero-order valence-electron chi connectivity index (χ0n) is 11.8. The van der Waals surface area contributed by atoms with Crippen molar-refractivity contribution < 1.29 is 13.9 Å². The molecular weight excluding hydrogens is 328 g/mol. The number of rotatable bonds is 5. The fourth-order valence-corrected chi connectivity index (χ4v) is 2.22. The van der Waals surface area contributed by atoms with Crippen LogP contribution in [0.4, 0.5) is 10.1 Å². The molecule has 116 valence electrons. The summed E-state index contributed by atoms with van der Waals surface area (Å²) in [5.74, 6) is -0.441. The van der Waals surface area contributed by atoms with Gasteiger partial charge in [-0.25, -0.2) is 4.39 Å². The van der Waals surface area contributed by atoms with Crippen molar-refractivity contribution in [2.75, 3.05) is 12.4 Å². The highest BCUT2D eigenvalue weighted by molar-refractivity contribution is 6.42. The van der Waals surface area contributed by atoms with Gasteiger partial charge in [-0.1, -0.05) is 29.3 Å². The van der Waals surface area contributed by atoms with Crippen molar-refractivity contribution in [2.24, 2.45) is 0 Å². The number of ether oxygens (including phenoxy) is 1. The average Bonchev–Trinajstić information content (AvgIpc) is 2.49. The van der Waals surface area contributed by atoms with Crippen LogP contribution in [0.15, 0.2) is 36.4 Å². The van der Waals surface area contributed by atoms with Crippen LogP contribution in [0.3, 0.4) is 0 Å².